The minimum absolute atomic E-state index is 0.0860. The molecule has 1 aromatic rings. The molecule has 2 nitrogen and oxygen atoms in total. The molecule has 3 rings (SSSR count). The standard InChI is InChI=1S/C14H17ClO2/c1-13(2,3)14(8-16-14)12-11(17-12)9-4-6-10(15)7-5-9/h4-7,11-12H,8H2,1-3H3/t11-,12-,14+/m1/s1. The SMILES string of the molecule is CC(C)(C)[C@@]1([C@@H]2O[C@@H]2c2ccc(Cl)cc2)CO1. The number of hydrogen-bond donors (Lipinski definition) is 0. The van der Waals surface area contributed by atoms with E-state index in [4.69, 9.17) is 21.1 Å². The predicted octanol–water partition coefficient (Wildman–Crippen LogP) is 3.60. The summed E-state index contributed by atoms with van der Waals surface area (Å²) in [6.45, 7) is 7.44. The molecule has 3 heteroatoms. The van der Waals surface area contributed by atoms with E-state index in [-0.39, 0.29) is 23.2 Å². The van der Waals surface area contributed by atoms with Crippen LogP contribution >= 0.6 is 11.6 Å². The van der Waals surface area contributed by atoms with E-state index >= 15 is 0 Å². The number of hydrogen-bond acceptors (Lipinski definition) is 2. The number of rotatable bonds is 2. The summed E-state index contributed by atoms with van der Waals surface area (Å²) < 4.78 is 11.5. The first-order chi connectivity index (χ1) is 7.94. The van der Waals surface area contributed by atoms with Gasteiger partial charge in [-0.2, -0.15) is 0 Å². The lowest BCUT2D eigenvalue weighted by molar-refractivity contribution is 0.119. The van der Waals surface area contributed by atoms with Crippen molar-refractivity contribution in [2.75, 3.05) is 6.61 Å². The third kappa shape index (κ3) is 1.79. The molecule has 0 unspecified atom stereocenters. The number of ether oxygens (including phenoxy) is 2. The van der Waals surface area contributed by atoms with Crippen LogP contribution in [0, 0.1) is 5.41 Å². The first-order valence-electron chi connectivity index (χ1n) is 5.99. The molecule has 2 aliphatic rings. The second kappa shape index (κ2) is 3.47. The van der Waals surface area contributed by atoms with Crippen LogP contribution in [0.25, 0.3) is 0 Å². The van der Waals surface area contributed by atoms with Crippen molar-refractivity contribution in [1.29, 1.82) is 0 Å². The zero-order chi connectivity index (χ0) is 12.3. The van der Waals surface area contributed by atoms with Crippen LogP contribution in [0.2, 0.25) is 5.02 Å². The van der Waals surface area contributed by atoms with Crippen LogP contribution in [-0.4, -0.2) is 18.3 Å². The average molecular weight is 253 g/mol. The van der Waals surface area contributed by atoms with Gasteiger partial charge in [-0.3, -0.25) is 0 Å². The fourth-order valence-electron chi connectivity index (χ4n) is 2.47. The van der Waals surface area contributed by atoms with Gasteiger partial charge in [0, 0.05) is 5.02 Å². The molecule has 0 bridgehead atoms. The maximum Gasteiger partial charge on any atom is 0.125 e. The summed E-state index contributed by atoms with van der Waals surface area (Å²) in [6.07, 6.45) is 0.373. The van der Waals surface area contributed by atoms with Gasteiger partial charge in [0.05, 0.1) is 6.61 Å². The van der Waals surface area contributed by atoms with Gasteiger partial charge in [0.25, 0.3) is 0 Å². The zero-order valence-corrected chi connectivity index (χ0v) is 11.1. The molecule has 2 aliphatic heterocycles. The topological polar surface area (TPSA) is 25.1 Å². The summed E-state index contributed by atoms with van der Waals surface area (Å²) in [5, 5.41) is 0.763. The Balaban J connectivity index is 1.77. The van der Waals surface area contributed by atoms with Gasteiger partial charge in [-0.1, -0.05) is 44.5 Å². The van der Waals surface area contributed by atoms with E-state index < -0.39 is 0 Å². The monoisotopic (exact) mass is 252 g/mol. The van der Waals surface area contributed by atoms with Crippen molar-refractivity contribution < 1.29 is 9.47 Å². The fourth-order valence-corrected chi connectivity index (χ4v) is 2.60. The van der Waals surface area contributed by atoms with Gasteiger partial charge in [-0.25, -0.2) is 0 Å². The van der Waals surface area contributed by atoms with Crippen LogP contribution in [0.4, 0.5) is 0 Å². The van der Waals surface area contributed by atoms with Crippen molar-refractivity contribution in [3.05, 3.63) is 34.9 Å². The molecule has 92 valence electrons. The molecule has 0 radical (unpaired) electrons. The maximum absolute atomic E-state index is 5.88. The first-order valence-corrected chi connectivity index (χ1v) is 6.37. The van der Waals surface area contributed by atoms with Crippen molar-refractivity contribution in [2.45, 2.75) is 38.6 Å². The summed E-state index contributed by atoms with van der Waals surface area (Å²) in [5.74, 6) is 0. The lowest BCUT2D eigenvalue weighted by Crippen LogP contribution is -2.36. The largest absolute Gasteiger partial charge is 0.366 e. The van der Waals surface area contributed by atoms with Crippen molar-refractivity contribution in [3.63, 3.8) is 0 Å². The lowest BCUT2D eigenvalue weighted by Gasteiger charge is -2.25. The summed E-state index contributed by atoms with van der Waals surface area (Å²) >= 11 is 5.88. The van der Waals surface area contributed by atoms with Gasteiger partial charge < -0.3 is 9.47 Å². The number of epoxide rings is 2. The van der Waals surface area contributed by atoms with E-state index in [0.29, 0.717) is 0 Å². The Morgan fingerprint density at radius 3 is 2.29 bits per heavy atom. The molecular weight excluding hydrogens is 236 g/mol. The summed E-state index contributed by atoms with van der Waals surface area (Å²) in [6, 6.07) is 7.89. The molecule has 0 N–H and O–H groups in total. The molecule has 17 heavy (non-hydrogen) atoms. The minimum atomic E-state index is -0.0860. The molecule has 0 saturated carbocycles. The van der Waals surface area contributed by atoms with Crippen LogP contribution in [0.1, 0.15) is 32.4 Å². The van der Waals surface area contributed by atoms with E-state index in [1.54, 1.807) is 0 Å². The van der Waals surface area contributed by atoms with Crippen molar-refractivity contribution in [3.8, 4) is 0 Å². The van der Waals surface area contributed by atoms with Gasteiger partial charge in [0.15, 0.2) is 0 Å². The van der Waals surface area contributed by atoms with Gasteiger partial charge >= 0.3 is 0 Å². The number of benzene rings is 1. The highest BCUT2D eigenvalue weighted by atomic mass is 35.5. The van der Waals surface area contributed by atoms with Crippen LogP contribution in [-0.2, 0) is 9.47 Å². The van der Waals surface area contributed by atoms with E-state index in [1.165, 1.54) is 5.56 Å². The molecule has 2 fully saturated rings. The highest BCUT2D eigenvalue weighted by Gasteiger charge is 2.68. The van der Waals surface area contributed by atoms with Crippen LogP contribution < -0.4 is 0 Å². The zero-order valence-electron chi connectivity index (χ0n) is 10.4. The molecule has 1 aromatic carbocycles. The maximum atomic E-state index is 5.88. The first kappa shape index (κ1) is 11.5. The summed E-state index contributed by atoms with van der Waals surface area (Å²) in [7, 11) is 0. The fraction of sp³-hybridized carbons (Fsp3) is 0.571. The Labute approximate surface area is 107 Å². The van der Waals surface area contributed by atoms with Gasteiger partial charge in [-0.15, -0.1) is 0 Å². The van der Waals surface area contributed by atoms with E-state index in [9.17, 15) is 0 Å². The lowest BCUT2D eigenvalue weighted by atomic mass is 9.77. The summed E-state index contributed by atoms with van der Waals surface area (Å²) in [5.41, 5.74) is 1.23. The third-order valence-electron chi connectivity index (χ3n) is 3.87. The second-order valence-corrected chi connectivity index (χ2v) is 6.39. The van der Waals surface area contributed by atoms with Crippen LogP contribution in [0.15, 0.2) is 24.3 Å². The Hall–Kier alpha value is -0.570. The van der Waals surface area contributed by atoms with Gasteiger partial charge in [0.2, 0.25) is 0 Å². The van der Waals surface area contributed by atoms with E-state index in [1.807, 2.05) is 24.3 Å². The van der Waals surface area contributed by atoms with Crippen molar-refractivity contribution in [2.24, 2.45) is 5.41 Å². The van der Waals surface area contributed by atoms with Crippen LogP contribution in [0.3, 0.4) is 0 Å². The molecule has 0 aromatic heterocycles. The normalized spacial score (nSPS) is 35.8. The van der Waals surface area contributed by atoms with E-state index in [2.05, 4.69) is 20.8 Å². The Morgan fingerprint density at radius 1 is 1.24 bits per heavy atom. The Bertz CT molecular complexity index is 429. The van der Waals surface area contributed by atoms with E-state index in [0.717, 1.165) is 11.6 Å². The predicted molar refractivity (Wildman–Crippen MR) is 67.2 cm³/mol. The summed E-state index contributed by atoms with van der Waals surface area (Å²) in [4.78, 5) is 0. The number of halogens is 1. The van der Waals surface area contributed by atoms with Gasteiger partial charge in [0.1, 0.15) is 17.8 Å². The Kier molecular flexibility index (Phi) is 2.35. The van der Waals surface area contributed by atoms with Gasteiger partial charge in [-0.05, 0) is 23.1 Å². The molecule has 2 heterocycles. The molecule has 3 atom stereocenters. The average Bonchev–Trinajstić information content (AvgIpc) is 3.11. The van der Waals surface area contributed by atoms with Crippen molar-refractivity contribution >= 4 is 11.6 Å². The highest BCUT2D eigenvalue weighted by Crippen LogP contribution is 2.58. The molecule has 0 spiro atoms. The van der Waals surface area contributed by atoms with Crippen molar-refractivity contribution in [1.82, 2.24) is 0 Å². The molecule has 0 amide bonds. The quantitative estimate of drug-likeness (QED) is 0.752. The smallest absolute Gasteiger partial charge is 0.125 e. The second-order valence-electron chi connectivity index (χ2n) is 5.96. The van der Waals surface area contributed by atoms with Crippen LogP contribution in [0.5, 0.6) is 0 Å². The molecule has 0 aliphatic carbocycles. The third-order valence-corrected chi connectivity index (χ3v) is 4.13. The Morgan fingerprint density at radius 2 is 1.82 bits per heavy atom. The highest BCUT2D eigenvalue weighted by molar-refractivity contribution is 6.30. The minimum Gasteiger partial charge on any atom is -0.366 e. The molecular formula is C14H17ClO2. The molecule has 2 saturated heterocycles.